The zero-order chi connectivity index (χ0) is 22.8. The highest BCUT2D eigenvalue weighted by atomic mass is 16.5. The SMILES string of the molecule is CCC(CCCN1CCN(CCOc2ccc(OC)cc2)CC1)c1ccc(C#N)c(C)c1. The fourth-order valence-electron chi connectivity index (χ4n) is 4.44. The largest absolute Gasteiger partial charge is 0.497 e. The maximum absolute atomic E-state index is 9.16. The number of hydrogen-bond acceptors (Lipinski definition) is 5. The number of ether oxygens (including phenoxy) is 2. The van der Waals surface area contributed by atoms with Crippen molar-refractivity contribution in [2.75, 3.05) is 53.0 Å². The first kappa shape index (κ1) is 24.1. The van der Waals surface area contributed by atoms with E-state index in [1.165, 1.54) is 24.9 Å². The van der Waals surface area contributed by atoms with Crippen LogP contribution in [0.3, 0.4) is 0 Å². The Hall–Kier alpha value is -2.55. The van der Waals surface area contributed by atoms with E-state index in [0.29, 0.717) is 12.5 Å². The number of nitrogens with zero attached hydrogens (tertiary/aromatic N) is 3. The molecule has 0 N–H and O–H groups in total. The van der Waals surface area contributed by atoms with E-state index in [1.54, 1.807) is 7.11 Å². The van der Waals surface area contributed by atoms with Crippen molar-refractivity contribution in [3.63, 3.8) is 0 Å². The van der Waals surface area contributed by atoms with Crippen LogP contribution in [0.25, 0.3) is 0 Å². The first-order valence-electron chi connectivity index (χ1n) is 11.8. The maximum Gasteiger partial charge on any atom is 0.119 e. The topological polar surface area (TPSA) is 48.7 Å². The molecule has 0 amide bonds. The lowest BCUT2D eigenvalue weighted by Gasteiger charge is -2.34. The summed E-state index contributed by atoms with van der Waals surface area (Å²) in [5, 5.41) is 9.16. The summed E-state index contributed by atoms with van der Waals surface area (Å²) in [6.45, 7) is 11.6. The van der Waals surface area contributed by atoms with Gasteiger partial charge in [-0.25, -0.2) is 0 Å². The van der Waals surface area contributed by atoms with Crippen LogP contribution in [-0.2, 0) is 0 Å². The van der Waals surface area contributed by atoms with Gasteiger partial charge in [0, 0.05) is 32.7 Å². The van der Waals surface area contributed by atoms with Crippen molar-refractivity contribution in [2.45, 2.75) is 39.0 Å². The van der Waals surface area contributed by atoms with Crippen LogP contribution in [-0.4, -0.2) is 62.8 Å². The average Bonchev–Trinajstić information content (AvgIpc) is 2.83. The summed E-state index contributed by atoms with van der Waals surface area (Å²) in [6.07, 6.45) is 3.57. The molecule has 0 aromatic heterocycles. The molecule has 1 aliphatic heterocycles. The van der Waals surface area contributed by atoms with E-state index in [1.807, 2.05) is 37.3 Å². The van der Waals surface area contributed by atoms with Crippen LogP contribution < -0.4 is 9.47 Å². The second-order valence-corrected chi connectivity index (χ2v) is 8.64. The van der Waals surface area contributed by atoms with Crippen LogP contribution in [0.1, 0.15) is 48.8 Å². The van der Waals surface area contributed by atoms with Gasteiger partial charge in [-0.05, 0) is 80.1 Å². The average molecular weight is 436 g/mol. The second kappa shape index (κ2) is 12.5. The molecular weight excluding hydrogens is 398 g/mol. The monoisotopic (exact) mass is 435 g/mol. The minimum Gasteiger partial charge on any atom is -0.497 e. The molecule has 0 spiro atoms. The normalized spacial score (nSPS) is 15.8. The predicted molar refractivity (Wildman–Crippen MR) is 130 cm³/mol. The van der Waals surface area contributed by atoms with E-state index in [2.05, 4.69) is 34.9 Å². The predicted octanol–water partition coefficient (Wildman–Crippen LogP) is 4.85. The molecule has 0 radical (unpaired) electrons. The van der Waals surface area contributed by atoms with Crippen molar-refractivity contribution in [3.05, 3.63) is 59.2 Å². The van der Waals surface area contributed by atoms with Crippen LogP contribution in [0.4, 0.5) is 0 Å². The summed E-state index contributed by atoms with van der Waals surface area (Å²) in [4.78, 5) is 5.09. The van der Waals surface area contributed by atoms with Crippen LogP contribution in [0, 0.1) is 18.3 Å². The fourth-order valence-corrected chi connectivity index (χ4v) is 4.44. The maximum atomic E-state index is 9.16. The van der Waals surface area contributed by atoms with Gasteiger partial charge < -0.3 is 14.4 Å². The third kappa shape index (κ3) is 6.98. The van der Waals surface area contributed by atoms with E-state index >= 15 is 0 Å². The molecule has 0 bridgehead atoms. The zero-order valence-corrected chi connectivity index (χ0v) is 19.8. The van der Waals surface area contributed by atoms with E-state index < -0.39 is 0 Å². The lowest BCUT2D eigenvalue weighted by atomic mass is 9.90. The Morgan fingerprint density at radius 2 is 1.62 bits per heavy atom. The lowest BCUT2D eigenvalue weighted by Crippen LogP contribution is -2.47. The Morgan fingerprint density at radius 1 is 0.969 bits per heavy atom. The van der Waals surface area contributed by atoms with Crippen molar-refractivity contribution >= 4 is 0 Å². The van der Waals surface area contributed by atoms with Gasteiger partial charge in [0.2, 0.25) is 0 Å². The molecule has 1 saturated heterocycles. The summed E-state index contributed by atoms with van der Waals surface area (Å²) in [7, 11) is 1.67. The first-order chi connectivity index (χ1) is 15.6. The van der Waals surface area contributed by atoms with Gasteiger partial charge in [0.15, 0.2) is 0 Å². The Labute approximate surface area is 193 Å². The highest BCUT2D eigenvalue weighted by molar-refractivity contribution is 5.40. The molecular formula is C27H37N3O2. The van der Waals surface area contributed by atoms with Gasteiger partial charge in [0.05, 0.1) is 18.7 Å². The molecule has 2 aromatic carbocycles. The van der Waals surface area contributed by atoms with Gasteiger partial charge in [-0.15, -0.1) is 0 Å². The summed E-state index contributed by atoms with van der Waals surface area (Å²) in [6, 6.07) is 16.4. The van der Waals surface area contributed by atoms with Crippen LogP contribution in [0.15, 0.2) is 42.5 Å². The minimum atomic E-state index is 0.581. The summed E-state index contributed by atoms with van der Waals surface area (Å²) in [5.74, 6) is 2.33. The summed E-state index contributed by atoms with van der Waals surface area (Å²) < 4.78 is 11.1. The lowest BCUT2D eigenvalue weighted by molar-refractivity contribution is 0.115. The van der Waals surface area contributed by atoms with Gasteiger partial charge in [-0.1, -0.05) is 19.1 Å². The molecule has 2 aromatic rings. The Balaban J connectivity index is 1.33. The molecule has 3 rings (SSSR count). The van der Waals surface area contributed by atoms with E-state index in [-0.39, 0.29) is 0 Å². The summed E-state index contributed by atoms with van der Waals surface area (Å²) in [5.41, 5.74) is 3.26. The number of rotatable bonds is 11. The molecule has 1 unspecified atom stereocenters. The Morgan fingerprint density at radius 3 is 2.22 bits per heavy atom. The van der Waals surface area contributed by atoms with E-state index in [0.717, 1.165) is 61.8 Å². The smallest absolute Gasteiger partial charge is 0.119 e. The summed E-state index contributed by atoms with van der Waals surface area (Å²) >= 11 is 0. The highest BCUT2D eigenvalue weighted by Crippen LogP contribution is 2.26. The molecule has 5 heteroatoms. The number of aryl methyl sites for hydroxylation is 1. The third-order valence-electron chi connectivity index (χ3n) is 6.56. The van der Waals surface area contributed by atoms with Crippen LogP contribution in [0.2, 0.25) is 0 Å². The molecule has 5 nitrogen and oxygen atoms in total. The van der Waals surface area contributed by atoms with Gasteiger partial charge in [0.25, 0.3) is 0 Å². The molecule has 172 valence electrons. The Bertz CT molecular complexity index is 867. The van der Waals surface area contributed by atoms with Gasteiger partial charge in [-0.2, -0.15) is 5.26 Å². The molecule has 1 atom stereocenters. The molecule has 0 aliphatic carbocycles. The highest BCUT2D eigenvalue weighted by Gasteiger charge is 2.17. The van der Waals surface area contributed by atoms with E-state index in [4.69, 9.17) is 14.7 Å². The molecule has 0 saturated carbocycles. The molecule has 1 fully saturated rings. The van der Waals surface area contributed by atoms with Gasteiger partial charge in [0.1, 0.15) is 18.1 Å². The van der Waals surface area contributed by atoms with Crippen molar-refractivity contribution in [3.8, 4) is 17.6 Å². The quantitative estimate of drug-likeness (QED) is 0.505. The standard InChI is InChI=1S/C27H37N3O2/c1-4-23(24-7-8-25(21-28)22(2)20-24)6-5-13-29-14-16-30(17-15-29)18-19-32-27-11-9-26(31-3)10-12-27/h7-12,20,23H,4-6,13-19H2,1-3H3. The van der Waals surface area contributed by atoms with Crippen LogP contribution >= 0.6 is 0 Å². The molecule has 32 heavy (non-hydrogen) atoms. The zero-order valence-electron chi connectivity index (χ0n) is 19.8. The number of benzene rings is 2. The second-order valence-electron chi connectivity index (χ2n) is 8.64. The van der Waals surface area contributed by atoms with Crippen molar-refractivity contribution in [2.24, 2.45) is 0 Å². The molecule has 1 heterocycles. The number of hydrogen-bond donors (Lipinski definition) is 0. The van der Waals surface area contributed by atoms with Crippen molar-refractivity contribution in [1.29, 1.82) is 5.26 Å². The van der Waals surface area contributed by atoms with Gasteiger partial charge in [-0.3, -0.25) is 4.90 Å². The minimum absolute atomic E-state index is 0.581. The van der Waals surface area contributed by atoms with E-state index in [9.17, 15) is 0 Å². The number of nitriles is 1. The van der Waals surface area contributed by atoms with Crippen molar-refractivity contribution in [1.82, 2.24) is 9.80 Å². The third-order valence-corrected chi connectivity index (χ3v) is 6.56. The fraction of sp³-hybridized carbons (Fsp3) is 0.519. The number of piperazine rings is 1. The first-order valence-corrected chi connectivity index (χ1v) is 11.8. The van der Waals surface area contributed by atoms with Crippen LogP contribution in [0.5, 0.6) is 11.5 Å². The molecule has 1 aliphatic rings. The van der Waals surface area contributed by atoms with Crippen molar-refractivity contribution < 1.29 is 9.47 Å². The van der Waals surface area contributed by atoms with Gasteiger partial charge >= 0.3 is 0 Å². The number of methoxy groups -OCH3 is 1. The Kier molecular flexibility index (Phi) is 9.40.